The number of imidazole rings is 1. The molecule has 0 amide bonds. The van der Waals surface area contributed by atoms with Gasteiger partial charge in [-0.2, -0.15) is 4.37 Å². The van der Waals surface area contributed by atoms with Crippen LogP contribution in [0.2, 0.25) is 10.0 Å². The van der Waals surface area contributed by atoms with Crippen LogP contribution in [0.3, 0.4) is 0 Å². The van der Waals surface area contributed by atoms with Crippen molar-refractivity contribution in [2.45, 2.75) is 5.54 Å². The Morgan fingerprint density at radius 2 is 1.44 bits per heavy atom. The number of hydrogen-bond acceptors (Lipinski definition) is 3. The molecule has 0 aliphatic heterocycles. The minimum Gasteiger partial charge on any atom is -0.317 e. The first-order chi connectivity index (χ1) is 12.2. The van der Waals surface area contributed by atoms with Crippen molar-refractivity contribution in [3.8, 4) is 0 Å². The lowest BCUT2D eigenvalue weighted by Gasteiger charge is -2.35. The summed E-state index contributed by atoms with van der Waals surface area (Å²) in [6.45, 7) is 0. The van der Waals surface area contributed by atoms with Crippen LogP contribution in [0.25, 0.3) is 0 Å². The van der Waals surface area contributed by atoms with E-state index in [4.69, 9.17) is 23.2 Å². The fourth-order valence-corrected chi connectivity index (χ4v) is 3.94. The van der Waals surface area contributed by atoms with E-state index in [0.29, 0.717) is 10.0 Å². The highest BCUT2D eigenvalue weighted by Gasteiger charge is 2.40. The van der Waals surface area contributed by atoms with E-state index in [0.717, 1.165) is 16.8 Å². The van der Waals surface area contributed by atoms with Gasteiger partial charge in [0.25, 0.3) is 0 Å². The monoisotopic (exact) mass is 385 g/mol. The Morgan fingerprint density at radius 3 is 1.88 bits per heavy atom. The molecule has 0 atom stereocenters. The van der Waals surface area contributed by atoms with Crippen molar-refractivity contribution in [1.29, 1.82) is 0 Å². The van der Waals surface area contributed by atoms with Crippen molar-refractivity contribution in [3.63, 3.8) is 0 Å². The molecule has 6 heteroatoms. The van der Waals surface area contributed by atoms with Crippen LogP contribution in [0.5, 0.6) is 0 Å². The fourth-order valence-electron chi connectivity index (χ4n) is 3.13. The second-order valence-electron chi connectivity index (χ2n) is 5.58. The van der Waals surface area contributed by atoms with Gasteiger partial charge in [0, 0.05) is 27.8 Å². The smallest absolute Gasteiger partial charge is 0.139 e. The minimum absolute atomic E-state index is 0.647. The molecule has 0 radical (unpaired) electrons. The van der Waals surface area contributed by atoms with Gasteiger partial charge in [0.05, 0.1) is 12.0 Å². The molecule has 0 saturated carbocycles. The molecule has 0 spiro atoms. The highest BCUT2D eigenvalue weighted by molar-refractivity contribution is 7.03. The Balaban J connectivity index is 2.08. The van der Waals surface area contributed by atoms with Crippen molar-refractivity contribution in [3.05, 3.63) is 106 Å². The highest BCUT2D eigenvalue weighted by atomic mass is 35.5. The van der Waals surface area contributed by atoms with Crippen LogP contribution >= 0.6 is 34.7 Å². The molecule has 4 aromatic rings. The average molecular weight is 386 g/mol. The summed E-state index contributed by atoms with van der Waals surface area (Å²) in [6.07, 6.45) is 5.53. The predicted molar refractivity (Wildman–Crippen MR) is 103 cm³/mol. The van der Waals surface area contributed by atoms with E-state index in [9.17, 15) is 0 Å². The molecule has 2 aromatic heterocycles. The maximum Gasteiger partial charge on any atom is 0.139 e. The zero-order valence-electron chi connectivity index (χ0n) is 13.0. The van der Waals surface area contributed by atoms with E-state index >= 15 is 0 Å². The molecule has 2 heterocycles. The van der Waals surface area contributed by atoms with Gasteiger partial charge in [-0.1, -0.05) is 47.5 Å². The third-order valence-corrected chi connectivity index (χ3v) is 5.29. The molecule has 0 N–H and O–H groups in total. The van der Waals surface area contributed by atoms with Crippen LogP contribution < -0.4 is 0 Å². The molecule has 0 bridgehead atoms. The largest absolute Gasteiger partial charge is 0.317 e. The molecule has 4 rings (SSSR count). The van der Waals surface area contributed by atoms with E-state index < -0.39 is 5.54 Å². The maximum absolute atomic E-state index is 6.13. The molecule has 0 aliphatic rings. The molecule has 2 aromatic carbocycles. The van der Waals surface area contributed by atoms with Gasteiger partial charge in [-0.05, 0) is 53.0 Å². The second kappa shape index (κ2) is 6.64. The van der Waals surface area contributed by atoms with Crippen LogP contribution in [0.1, 0.15) is 16.8 Å². The molecular weight excluding hydrogens is 373 g/mol. The first-order valence-electron chi connectivity index (χ1n) is 7.62. The number of halogens is 2. The first-order valence-corrected chi connectivity index (χ1v) is 9.22. The van der Waals surface area contributed by atoms with Crippen molar-refractivity contribution < 1.29 is 0 Å². The van der Waals surface area contributed by atoms with E-state index in [2.05, 4.69) is 13.9 Å². The van der Waals surface area contributed by atoms with E-state index in [1.807, 2.05) is 72.5 Å². The Hall–Kier alpha value is -2.14. The Labute approximate surface area is 159 Å². The van der Waals surface area contributed by atoms with Gasteiger partial charge >= 0.3 is 0 Å². The molecule has 0 fully saturated rings. The van der Waals surface area contributed by atoms with E-state index in [1.165, 1.54) is 11.5 Å². The molecule has 0 aliphatic carbocycles. The Morgan fingerprint density at radius 1 is 0.840 bits per heavy atom. The molecule has 3 nitrogen and oxygen atoms in total. The Bertz CT molecular complexity index is 865. The summed E-state index contributed by atoms with van der Waals surface area (Å²) in [6, 6.07) is 17.7. The van der Waals surface area contributed by atoms with Gasteiger partial charge in [-0.25, -0.2) is 4.98 Å². The third kappa shape index (κ3) is 2.76. The summed E-state index contributed by atoms with van der Waals surface area (Å²) < 4.78 is 6.73. The number of nitrogens with zero attached hydrogens (tertiary/aromatic N) is 3. The maximum atomic E-state index is 6.13. The summed E-state index contributed by atoms with van der Waals surface area (Å²) in [7, 11) is 0. The summed E-state index contributed by atoms with van der Waals surface area (Å²) in [5.74, 6) is 0. The summed E-state index contributed by atoms with van der Waals surface area (Å²) in [5.41, 5.74) is 2.36. The quantitative estimate of drug-likeness (QED) is 0.465. The summed E-state index contributed by atoms with van der Waals surface area (Å²) in [5, 5.41) is 3.36. The fraction of sp³-hybridized carbons (Fsp3) is 0.0526. The summed E-state index contributed by atoms with van der Waals surface area (Å²) >= 11 is 13.7. The van der Waals surface area contributed by atoms with Crippen LogP contribution in [-0.4, -0.2) is 13.9 Å². The van der Waals surface area contributed by atoms with Gasteiger partial charge in [-0.3, -0.25) is 0 Å². The van der Waals surface area contributed by atoms with Crippen molar-refractivity contribution >= 4 is 34.7 Å². The topological polar surface area (TPSA) is 30.7 Å². The third-order valence-electron chi connectivity index (χ3n) is 4.22. The summed E-state index contributed by atoms with van der Waals surface area (Å²) in [4.78, 5) is 4.27. The van der Waals surface area contributed by atoms with Crippen LogP contribution in [0.15, 0.2) is 78.7 Å². The highest BCUT2D eigenvalue weighted by Crippen LogP contribution is 2.41. The molecule has 25 heavy (non-hydrogen) atoms. The standard InChI is InChI=1S/C19H13Cl2N3S/c20-16-5-1-14(2-6-16)19(18-9-12-25-23-18,24-11-10-22-13-24)15-3-7-17(21)8-4-15/h1-13H. The first kappa shape index (κ1) is 16.3. The minimum atomic E-state index is -0.647. The zero-order valence-corrected chi connectivity index (χ0v) is 15.3. The molecule has 0 saturated heterocycles. The number of hydrogen-bond donors (Lipinski definition) is 0. The van der Waals surface area contributed by atoms with Crippen LogP contribution in [-0.2, 0) is 5.54 Å². The number of aromatic nitrogens is 3. The van der Waals surface area contributed by atoms with Gasteiger partial charge in [-0.15, -0.1) is 0 Å². The van der Waals surface area contributed by atoms with Crippen LogP contribution in [0.4, 0.5) is 0 Å². The second-order valence-corrected chi connectivity index (χ2v) is 7.12. The SMILES string of the molecule is Clc1ccc(C(c2ccc(Cl)cc2)(c2ccsn2)n2ccnc2)cc1. The van der Waals surface area contributed by atoms with Crippen molar-refractivity contribution in [2.24, 2.45) is 0 Å². The van der Waals surface area contributed by atoms with Crippen molar-refractivity contribution in [1.82, 2.24) is 13.9 Å². The van der Waals surface area contributed by atoms with Crippen molar-refractivity contribution in [2.75, 3.05) is 0 Å². The number of rotatable bonds is 4. The van der Waals surface area contributed by atoms with Gasteiger partial charge < -0.3 is 4.57 Å². The molecule has 0 unspecified atom stereocenters. The number of benzene rings is 2. The van der Waals surface area contributed by atoms with Gasteiger partial charge in [0.15, 0.2) is 0 Å². The van der Waals surface area contributed by atoms with E-state index in [-0.39, 0.29) is 0 Å². The van der Waals surface area contributed by atoms with E-state index in [1.54, 1.807) is 6.20 Å². The predicted octanol–water partition coefficient (Wildman–Crippen LogP) is 5.49. The van der Waals surface area contributed by atoms with Gasteiger partial charge in [0.1, 0.15) is 5.54 Å². The lowest BCUT2D eigenvalue weighted by atomic mass is 9.79. The molecular formula is C19H13Cl2N3S. The average Bonchev–Trinajstić information content (AvgIpc) is 3.33. The Kier molecular flexibility index (Phi) is 4.34. The van der Waals surface area contributed by atoms with Crippen LogP contribution in [0, 0.1) is 0 Å². The molecule has 124 valence electrons. The lowest BCUT2D eigenvalue weighted by molar-refractivity contribution is 0.504. The van der Waals surface area contributed by atoms with Gasteiger partial charge in [0.2, 0.25) is 0 Å². The lowest BCUT2D eigenvalue weighted by Crippen LogP contribution is -2.37. The zero-order chi connectivity index (χ0) is 17.3. The normalized spacial score (nSPS) is 11.6.